The molecule has 0 unspecified atom stereocenters. The van der Waals surface area contributed by atoms with E-state index in [1.54, 1.807) is 69.3 Å². The number of carbonyl (C=O) groups is 2. The molecule has 0 aliphatic heterocycles. The topological polar surface area (TPSA) is 111 Å². The minimum Gasteiger partial charge on any atom is -0.465 e. The first kappa shape index (κ1) is 22.0. The van der Waals surface area contributed by atoms with Gasteiger partial charge in [0.2, 0.25) is 0 Å². The van der Waals surface area contributed by atoms with Crippen molar-refractivity contribution in [2.45, 2.75) is 32.7 Å². The molecule has 0 saturated heterocycles. The summed E-state index contributed by atoms with van der Waals surface area (Å²) in [5, 5.41) is 11.4. The summed E-state index contributed by atoms with van der Waals surface area (Å²) in [5.41, 5.74) is 4.68. The fraction of sp³-hybridized carbons (Fsp3) is 0.333. The number of nitro groups is 1. The van der Waals surface area contributed by atoms with Crippen molar-refractivity contribution in [3.8, 4) is 0 Å². The predicted molar refractivity (Wildman–Crippen MR) is 108 cm³/mol. The molecule has 1 atom stereocenters. The number of esters is 1. The van der Waals surface area contributed by atoms with Gasteiger partial charge in [-0.3, -0.25) is 20.3 Å². The molecule has 0 radical (unpaired) electrons. The molecule has 0 heterocycles. The van der Waals surface area contributed by atoms with Gasteiger partial charge in [0.05, 0.1) is 11.5 Å². The van der Waals surface area contributed by atoms with Gasteiger partial charge < -0.3 is 4.74 Å². The molecule has 29 heavy (non-hydrogen) atoms. The fourth-order valence-corrected chi connectivity index (χ4v) is 2.98. The van der Waals surface area contributed by atoms with Gasteiger partial charge in [0, 0.05) is 23.6 Å². The molecule has 0 saturated carbocycles. The van der Waals surface area contributed by atoms with Gasteiger partial charge in [-0.15, -0.1) is 0 Å². The Hall–Kier alpha value is -3.26. The van der Waals surface area contributed by atoms with Gasteiger partial charge in [0.1, 0.15) is 5.54 Å². The summed E-state index contributed by atoms with van der Waals surface area (Å²) < 4.78 is 5.26. The number of hydrogen-bond donors (Lipinski definition) is 2. The van der Waals surface area contributed by atoms with E-state index in [0.29, 0.717) is 11.1 Å². The summed E-state index contributed by atoms with van der Waals surface area (Å²) in [6.07, 6.45) is -0.0320. The summed E-state index contributed by atoms with van der Waals surface area (Å²) in [6, 6.07) is 14.7. The van der Waals surface area contributed by atoms with Crippen molar-refractivity contribution in [1.29, 1.82) is 0 Å². The standard InChI is InChI=1S/C21H25N3O5/c1-4-29-20(26)21(15(2)3,14-17-12-8-9-13-18(17)24(27)28)23-22-19(25)16-10-6-5-7-11-16/h5-13,15,23H,4,14H2,1-3H3,(H,22,25)/t21-/m1/s1. The number of nitrogens with one attached hydrogen (secondary N) is 2. The molecule has 154 valence electrons. The van der Waals surface area contributed by atoms with Crippen LogP contribution >= 0.6 is 0 Å². The number of carbonyl (C=O) groups excluding carboxylic acids is 2. The Bertz CT molecular complexity index is 870. The number of hydrogen-bond acceptors (Lipinski definition) is 6. The molecule has 0 bridgehead atoms. The van der Waals surface area contributed by atoms with E-state index in [2.05, 4.69) is 10.9 Å². The SMILES string of the molecule is CCOC(=O)[C@](Cc1ccccc1[N+](=O)[O-])(NNC(=O)c1ccccc1)C(C)C. The van der Waals surface area contributed by atoms with Crippen molar-refractivity contribution < 1.29 is 19.2 Å². The number of amides is 1. The Balaban J connectivity index is 2.39. The highest BCUT2D eigenvalue weighted by molar-refractivity contribution is 5.94. The maximum atomic E-state index is 12.9. The van der Waals surface area contributed by atoms with Crippen LogP contribution in [0, 0.1) is 16.0 Å². The lowest BCUT2D eigenvalue weighted by molar-refractivity contribution is -0.385. The maximum Gasteiger partial charge on any atom is 0.328 e. The molecular weight excluding hydrogens is 374 g/mol. The normalized spacial score (nSPS) is 12.8. The minimum absolute atomic E-state index is 0.0320. The van der Waals surface area contributed by atoms with Crippen molar-refractivity contribution in [3.63, 3.8) is 0 Å². The van der Waals surface area contributed by atoms with Crippen LogP contribution in [0.2, 0.25) is 0 Å². The van der Waals surface area contributed by atoms with Crippen LogP contribution in [-0.2, 0) is 16.0 Å². The minimum atomic E-state index is -1.40. The number of nitro benzene ring substituents is 1. The van der Waals surface area contributed by atoms with Crippen molar-refractivity contribution in [1.82, 2.24) is 10.9 Å². The molecule has 2 aromatic carbocycles. The number of ether oxygens (including phenoxy) is 1. The fourth-order valence-electron chi connectivity index (χ4n) is 2.98. The zero-order valence-electron chi connectivity index (χ0n) is 16.7. The second-order valence-corrected chi connectivity index (χ2v) is 6.85. The molecule has 0 aromatic heterocycles. The molecule has 1 amide bonds. The van der Waals surface area contributed by atoms with Gasteiger partial charge in [0.25, 0.3) is 11.6 Å². The van der Waals surface area contributed by atoms with Gasteiger partial charge in [-0.25, -0.2) is 10.2 Å². The number of nitrogens with zero attached hydrogens (tertiary/aromatic N) is 1. The van der Waals surface area contributed by atoms with Crippen LogP contribution in [0.4, 0.5) is 5.69 Å². The zero-order valence-corrected chi connectivity index (χ0v) is 16.7. The number of benzene rings is 2. The largest absolute Gasteiger partial charge is 0.465 e. The zero-order chi connectivity index (χ0) is 21.4. The van der Waals surface area contributed by atoms with Gasteiger partial charge >= 0.3 is 5.97 Å². The predicted octanol–water partition coefficient (Wildman–Crippen LogP) is 3.03. The van der Waals surface area contributed by atoms with Crippen LogP contribution in [0.1, 0.15) is 36.7 Å². The number of hydrazine groups is 1. The Morgan fingerprint density at radius 3 is 2.31 bits per heavy atom. The highest BCUT2D eigenvalue weighted by atomic mass is 16.6. The molecule has 8 nitrogen and oxygen atoms in total. The van der Waals surface area contributed by atoms with Crippen LogP contribution in [0.3, 0.4) is 0 Å². The van der Waals surface area contributed by atoms with E-state index in [1.165, 1.54) is 6.07 Å². The van der Waals surface area contributed by atoms with Crippen LogP contribution in [0.25, 0.3) is 0 Å². The molecule has 0 aliphatic rings. The summed E-state index contributed by atoms with van der Waals surface area (Å²) in [6.45, 7) is 5.38. The average Bonchev–Trinajstić information content (AvgIpc) is 2.71. The van der Waals surface area contributed by atoms with Gasteiger partial charge in [0.15, 0.2) is 0 Å². The Kier molecular flexibility index (Phi) is 7.44. The van der Waals surface area contributed by atoms with Crippen molar-refractivity contribution in [2.75, 3.05) is 6.61 Å². The molecule has 8 heteroatoms. The van der Waals surface area contributed by atoms with E-state index >= 15 is 0 Å². The molecule has 0 fully saturated rings. The lowest BCUT2D eigenvalue weighted by atomic mass is 9.81. The monoisotopic (exact) mass is 399 g/mol. The highest BCUT2D eigenvalue weighted by Gasteiger charge is 2.45. The van der Waals surface area contributed by atoms with Crippen LogP contribution in [-0.4, -0.2) is 28.9 Å². The van der Waals surface area contributed by atoms with Gasteiger partial charge in [-0.1, -0.05) is 50.2 Å². The van der Waals surface area contributed by atoms with Gasteiger partial charge in [-0.05, 0) is 25.0 Å². The van der Waals surface area contributed by atoms with Crippen LogP contribution in [0.5, 0.6) is 0 Å². The second kappa shape index (κ2) is 9.79. The molecule has 0 aliphatic carbocycles. The van der Waals surface area contributed by atoms with E-state index < -0.39 is 22.3 Å². The quantitative estimate of drug-likeness (QED) is 0.381. The second-order valence-electron chi connectivity index (χ2n) is 6.85. The average molecular weight is 399 g/mol. The maximum absolute atomic E-state index is 12.9. The summed E-state index contributed by atoms with van der Waals surface area (Å²) >= 11 is 0. The molecule has 2 N–H and O–H groups in total. The van der Waals surface area contributed by atoms with Gasteiger partial charge in [-0.2, -0.15) is 0 Å². The van der Waals surface area contributed by atoms with Crippen LogP contribution in [0.15, 0.2) is 54.6 Å². The summed E-state index contributed by atoms with van der Waals surface area (Å²) in [4.78, 5) is 36.4. The van der Waals surface area contributed by atoms with Crippen molar-refractivity contribution in [3.05, 3.63) is 75.8 Å². The molecular formula is C21H25N3O5. The van der Waals surface area contributed by atoms with Crippen LogP contribution < -0.4 is 10.9 Å². The summed E-state index contributed by atoms with van der Waals surface area (Å²) in [5.74, 6) is -1.37. The third kappa shape index (κ3) is 5.17. The van der Waals surface area contributed by atoms with E-state index in [1.807, 2.05) is 0 Å². The smallest absolute Gasteiger partial charge is 0.328 e. The van der Waals surface area contributed by atoms with E-state index in [0.717, 1.165) is 0 Å². The molecule has 2 aromatic rings. The Morgan fingerprint density at radius 2 is 1.72 bits per heavy atom. The Labute approximate surface area is 169 Å². The third-order valence-corrected chi connectivity index (χ3v) is 4.72. The number of para-hydroxylation sites is 1. The third-order valence-electron chi connectivity index (χ3n) is 4.72. The first-order chi connectivity index (χ1) is 13.8. The highest BCUT2D eigenvalue weighted by Crippen LogP contribution is 2.29. The van der Waals surface area contributed by atoms with E-state index in [9.17, 15) is 19.7 Å². The van der Waals surface area contributed by atoms with Crippen molar-refractivity contribution in [2.24, 2.45) is 5.92 Å². The first-order valence-electron chi connectivity index (χ1n) is 9.34. The first-order valence-corrected chi connectivity index (χ1v) is 9.34. The Morgan fingerprint density at radius 1 is 1.10 bits per heavy atom. The van der Waals surface area contributed by atoms with E-state index in [4.69, 9.17) is 4.74 Å². The molecule has 2 rings (SSSR count). The number of rotatable bonds is 9. The lowest BCUT2D eigenvalue weighted by Crippen LogP contribution is -2.63. The summed E-state index contributed by atoms with van der Waals surface area (Å²) in [7, 11) is 0. The van der Waals surface area contributed by atoms with Crippen molar-refractivity contribution >= 4 is 17.6 Å². The van der Waals surface area contributed by atoms with E-state index in [-0.39, 0.29) is 24.6 Å². The molecule has 0 spiro atoms. The lowest BCUT2D eigenvalue weighted by Gasteiger charge is -2.36.